The minimum Gasteiger partial charge on any atom is -0.469 e. The fourth-order valence-corrected chi connectivity index (χ4v) is 2.14. The molecule has 1 N–H and O–H groups in total. The molecular formula is C18H26NO3. The predicted octanol–water partition coefficient (Wildman–Crippen LogP) is 3.30. The lowest BCUT2D eigenvalue weighted by Gasteiger charge is -2.14. The molecule has 4 nitrogen and oxygen atoms in total. The third-order valence-corrected chi connectivity index (χ3v) is 3.35. The second kappa shape index (κ2) is 8.59. The normalized spacial score (nSPS) is 21.4. The van der Waals surface area contributed by atoms with Crippen LogP contribution in [0.25, 0.3) is 0 Å². The van der Waals surface area contributed by atoms with Gasteiger partial charge in [-0.25, -0.2) is 0 Å². The number of ether oxygens (including phenoxy) is 2. The van der Waals surface area contributed by atoms with Crippen LogP contribution in [0.1, 0.15) is 28.1 Å². The number of rotatable bonds is 7. The maximum Gasteiger partial charge on any atom is 0.243 e. The van der Waals surface area contributed by atoms with E-state index in [-0.39, 0.29) is 13.4 Å². The van der Waals surface area contributed by atoms with Crippen LogP contribution in [0.4, 0.5) is 0 Å². The Morgan fingerprint density at radius 1 is 1.50 bits per heavy atom. The molecule has 1 radical (unpaired) electrons. The largest absolute Gasteiger partial charge is 0.469 e. The Balaban J connectivity index is 0.00000264. The number of carbonyl (C=O) groups is 1. The van der Waals surface area contributed by atoms with Crippen molar-refractivity contribution < 1.29 is 15.7 Å². The van der Waals surface area contributed by atoms with Gasteiger partial charge in [-0.3, -0.25) is 4.79 Å². The lowest BCUT2D eigenvalue weighted by atomic mass is 9.96. The van der Waals surface area contributed by atoms with E-state index in [0.717, 1.165) is 18.6 Å². The predicted molar refractivity (Wildman–Crippen MR) is 88.8 cm³/mol. The molecule has 2 rings (SSSR count). The van der Waals surface area contributed by atoms with Crippen LogP contribution < -0.4 is 5.32 Å². The molecule has 1 atom stereocenters. The van der Waals surface area contributed by atoms with E-state index in [0.29, 0.717) is 19.3 Å². The molecule has 0 aromatic carbocycles. The van der Waals surface area contributed by atoms with Gasteiger partial charge in [-0.1, -0.05) is 44.2 Å². The van der Waals surface area contributed by atoms with Crippen molar-refractivity contribution in [3.8, 4) is 0 Å². The van der Waals surface area contributed by atoms with Gasteiger partial charge >= 0.3 is 0 Å². The molecule has 0 spiro atoms. The summed E-state index contributed by atoms with van der Waals surface area (Å²) in [7, 11) is 0. The number of nitrogens with one attached hydrogen (secondary N) is 1. The molecule has 1 amide bonds. The SMILES string of the molecule is CC(C)CNC(=O)/C=C/C=C/CC[C]1C=CC2OCOC2=C1.[HH]. The number of allylic oxidation sites excluding steroid dienone is 5. The van der Waals surface area contributed by atoms with Gasteiger partial charge in [0.25, 0.3) is 0 Å². The standard InChI is InChI=1S/C18H24NO3.H2/c1-14(2)12-19-18(20)8-6-4-3-5-7-15-9-10-16-17(11-15)22-13-21-16;/h3-4,6,8-11,14,16H,5,7,12-13H2,1-2H3,(H,19,20);1H/b4-3+,8-6+;. The van der Waals surface area contributed by atoms with Crippen LogP contribution in [0.2, 0.25) is 0 Å². The maximum atomic E-state index is 11.5. The topological polar surface area (TPSA) is 47.6 Å². The monoisotopic (exact) mass is 304 g/mol. The zero-order valence-corrected chi connectivity index (χ0v) is 13.2. The highest BCUT2D eigenvalue weighted by atomic mass is 16.7. The molecule has 0 saturated carbocycles. The van der Waals surface area contributed by atoms with Crippen molar-refractivity contribution in [2.24, 2.45) is 5.92 Å². The number of hydrogen-bond acceptors (Lipinski definition) is 3. The van der Waals surface area contributed by atoms with Gasteiger partial charge in [0.2, 0.25) is 5.91 Å². The number of fused-ring (bicyclic) bond motifs is 1. The highest BCUT2D eigenvalue weighted by molar-refractivity contribution is 5.87. The number of amides is 1. The molecule has 1 saturated heterocycles. The number of carbonyl (C=O) groups excluding carboxylic acids is 1. The molecule has 1 aliphatic carbocycles. The van der Waals surface area contributed by atoms with E-state index >= 15 is 0 Å². The molecule has 0 aromatic heterocycles. The van der Waals surface area contributed by atoms with E-state index in [2.05, 4.69) is 37.4 Å². The first-order valence-corrected chi connectivity index (χ1v) is 7.76. The zero-order chi connectivity index (χ0) is 15.8. The lowest BCUT2D eigenvalue weighted by molar-refractivity contribution is -0.116. The minimum absolute atomic E-state index is 0. The van der Waals surface area contributed by atoms with E-state index in [9.17, 15) is 4.79 Å². The van der Waals surface area contributed by atoms with E-state index in [1.807, 2.05) is 12.2 Å². The number of hydrogen-bond donors (Lipinski definition) is 1. The fourth-order valence-electron chi connectivity index (χ4n) is 2.14. The van der Waals surface area contributed by atoms with Crippen LogP contribution in [0, 0.1) is 11.8 Å². The summed E-state index contributed by atoms with van der Waals surface area (Å²) in [6, 6.07) is 0. The Labute approximate surface area is 134 Å². The molecule has 0 aromatic rings. The van der Waals surface area contributed by atoms with Crippen molar-refractivity contribution in [3.05, 3.63) is 54.2 Å². The first-order chi connectivity index (χ1) is 10.6. The van der Waals surface area contributed by atoms with Crippen LogP contribution in [-0.4, -0.2) is 25.3 Å². The van der Waals surface area contributed by atoms with E-state index in [1.165, 1.54) is 5.92 Å². The molecule has 2 aliphatic rings. The van der Waals surface area contributed by atoms with Crippen LogP contribution in [0.15, 0.2) is 48.3 Å². The molecule has 1 heterocycles. The molecule has 4 heteroatoms. The molecular weight excluding hydrogens is 278 g/mol. The van der Waals surface area contributed by atoms with Gasteiger partial charge in [-0.15, -0.1) is 0 Å². The van der Waals surface area contributed by atoms with Crippen LogP contribution in [0.3, 0.4) is 0 Å². The van der Waals surface area contributed by atoms with Gasteiger partial charge < -0.3 is 14.8 Å². The summed E-state index contributed by atoms with van der Waals surface area (Å²) in [5.41, 5.74) is 0. The average molecular weight is 304 g/mol. The van der Waals surface area contributed by atoms with Crippen LogP contribution >= 0.6 is 0 Å². The summed E-state index contributed by atoms with van der Waals surface area (Å²) in [5, 5.41) is 2.84. The van der Waals surface area contributed by atoms with Crippen molar-refractivity contribution in [1.29, 1.82) is 0 Å². The Morgan fingerprint density at radius 3 is 3.18 bits per heavy atom. The summed E-state index contributed by atoms with van der Waals surface area (Å²) in [6.45, 7) is 5.19. The lowest BCUT2D eigenvalue weighted by Crippen LogP contribution is -2.25. The summed E-state index contributed by atoms with van der Waals surface area (Å²) < 4.78 is 10.8. The second-order valence-electron chi connectivity index (χ2n) is 5.80. The second-order valence-corrected chi connectivity index (χ2v) is 5.80. The average Bonchev–Trinajstić information content (AvgIpc) is 2.96. The van der Waals surface area contributed by atoms with Crippen LogP contribution in [0.5, 0.6) is 0 Å². The Bertz CT molecular complexity index is 494. The van der Waals surface area contributed by atoms with Crippen molar-refractivity contribution >= 4 is 5.91 Å². The third kappa shape index (κ3) is 5.53. The van der Waals surface area contributed by atoms with Gasteiger partial charge in [0.1, 0.15) is 11.9 Å². The van der Waals surface area contributed by atoms with Gasteiger partial charge in [0, 0.05) is 20.0 Å². The zero-order valence-electron chi connectivity index (χ0n) is 13.2. The van der Waals surface area contributed by atoms with Crippen LogP contribution in [-0.2, 0) is 14.3 Å². The highest BCUT2D eigenvalue weighted by Gasteiger charge is 2.25. The Morgan fingerprint density at radius 2 is 2.36 bits per heavy atom. The summed E-state index contributed by atoms with van der Waals surface area (Å²) >= 11 is 0. The summed E-state index contributed by atoms with van der Waals surface area (Å²) in [5.74, 6) is 2.57. The molecule has 1 fully saturated rings. The van der Waals surface area contributed by atoms with Crippen molar-refractivity contribution in [2.45, 2.75) is 32.8 Å². The molecule has 1 unspecified atom stereocenters. The Hall–Kier alpha value is -1.81. The first-order valence-electron chi connectivity index (χ1n) is 7.76. The maximum absolute atomic E-state index is 11.5. The molecule has 22 heavy (non-hydrogen) atoms. The Kier molecular flexibility index (Phi) is 6.46. The van der Waals surface area contributed by atoms with Gasteiger partial charge in [0.05, 0.1) is 0 Å². The minimum atomic E-state index is -0.0444. The van der Waals surface area contributed by atoms with Gasteiger partial charge in [0.15, 0.2) is 6.79 Å². The van der Waals surface area contributed by atoms with Crippen molar-refractivity contribution in [2.75, 3.05) is 13.3 Å². The fraction of sp³-hybridized carbons (Fsp3) is 0.444. The van der Waals surface area contributed by atoms with Crippen molar-refractivity contribution in [3.63, 3.8) is 0 Å². The van der Waals surface area contributed by atoms with Gasteiger partial charge in [-0.2, -0.15) is 0 Å². The molecule has 1 aliphatic heterocycles. The molecule has 121 valence electrons. The van der Waals surface area contributed by atoms with Gasteiger partial charge in [-0.05, 0) is 24.8 Å². The van der Waals surface area contributed by atoms with Crippen molar-refractivity contribution in [1.82, 2.24) is 5.32 Å². The molecule has 0 bridgehead atoms. The quantitative estimate of drug-likeness (QED) is 0.580. The van der Waals surface area contributed by atoms with E-state index in [1.54, 1.807) is 12.2 Å². The van der Waals surface area contributed by atoms with E-state index in [4.69, 9.17) is 9.47 Å². The summed E-state index contributed by atoms with van der Waals surface area (Å²) in [6.07, 6.45) is 15.4. The highest BCUT2D eigenvalue weighted by Crippen LogP contribution is 2.28. The smallest absolute Gasteiger partial charge is 0.243 e. The first kappa shape index (κ1) is 16.6. The third-order valence-electron chi connectivity index (χ3n) is 3.35. The summed E-state index contributed by atoms with van der Waals surface area (Å²) in [4.78, 5) is 11.5. The van der Waals surface area contributed by atoms with E-state index < -0.39 is 0 Å².